The zero-order valence-electron chi connectivity index (χ0n) is 19.9. The van der Waals surface area contributed by atoms with Crippen molar-refractivity contribution < 1.29 is 4.39 Å². The van der Waals surface area contributed by atoms with Gasteiger partial charge in [0.25, 0.3) is 5.56 Å². The van der Waals surface area contributed by atoms with E-state index < -0.39 is 11.5 Å². The number of hydrogen-bond acceptors (Lipinski definition) is 6. The van der Waals surface area contributed by atoms with E-state index in [1.165, 1.54) is 29.1 Å². The van der Waals surface area contributed by atoms with Gasteiger partial charge in [-0.05, 0) is 74.4 Å². The van der Waals surface area contributed by atoms with Crippen LogP contribution in [0, 0.1) is 31.5 Å². The van der Waals surface area contributed by atoms with Crippen molar-refractivity contribution in [3.05, 3.63) is 79.3 Å². The summed E-state index contributed by atoms with van der Waals surface area (Å²) in [6, 6.07) is 7.56. The minimum Gasteiger partial charge on any atom is -0.370 e. The third-order valence-corrected chi connectivity index (χ3v) is 9.18. The van der Waals surface area contributed by atoms with Crippen molar-refractivity contribution >= 4 is 27.2 Å². The second-order valence-corrected chi connectivity index (χ2v) is 10.8. The molecule has 1 saturated carbocycles. The summed E-state index contributed by atoms with van der Waals surface area (Å²) in [7, 11) is 1.71. The molecular formula is C26H26FN5O2S. The summed E-state index contributed by atoms with van der Waals surface area (Å²) in [5.74, 6) is 0.914. The van der Waals surface area contributed by atoms with Crippen molar-refractivity contribution in [2.45, 2.75) is 32.6 Å². The molecule has 1 saturated heterocycles. The predicted octanol–water partition coefficient (Wildman–Crippen LogP) is 3.93. The van der Waals surface area contributed by atoms with Crippen molar-refractivity contribution in [1.29, 1.82) is 0 Å². The molecule has 9 heteroatoms. The van der Waals surface area contributed by atoms with Crippen LogP contribution in [0.3, 0.4) is 0 Å². The fraction of sp³-hybridized carbons (Fsp3) is 0.385. The molecule has 0 N–H and O–H groups in total. The molecule has 3 aromatic heterocycles. The first kappa shape index (κ1) is 22.2. The molecule has 0 amide bonds. The Morgan fingerprint density at radius 2 is 1.71 bits per heavy atom. The lowest BCUT2D eigenvalue weighted by molar-refractivity contribution is 0.360. The molecule has 1 aliphatic carbocycles. The van der Waals surface area contributed by atoms with Gasteiger partial charge in [-0.3, -0.25) is 9.36 Å². The van der Waals surface area contributed by atoms with Crippen molar-refractivity contribution in [3.63, 3.8) is 0 Å². The number of rotatable bonds is 3. The van der Waals surface area contributed by atoms with Crippen LogP contribution in [0.5, 0.6) is 0 Å². The molecule has 0 radical (unpaired) electrons. The van der Waals surface area contributed by atoms with Gasteiger partial charge in [0.1, 0.15) is 10.6 Å². The average Bonchev–Trinajstić information content (AvgIpc) is 3.30. The third kappa shape index (κ3) is 3.43. The van der Waals surface area contributed by atoms with Crippen molar-refractivity contribution in [2.24, 2.45) is 18.9 Å². The van der Waals surface area contributed by atoms with E-state index in [2.05, 4.69) is 21.2 Å². The van der Waals surface area contributed by atoms with Gasteiger partial charge in [-0.15, -0.1) is 11.3 Å². The number of anilines is 1. The minimum absolute atomic E-state index is 0.335. The molecule has 2 fully saturated rings. The third-order valence-electron chi connectivity index (χ3n) is 7.71. The van der Waals surface area contributed by atoms with Gasteiger partial charge in [0.2, 0.25) is 0 Å². The SMILES string of the molecule is Cc1cc(N2CC3CCC(C2)C3c2sc3c(c2C)c(=O)n(-c2ccc(F)cc2)c(=O)n3C)cnn1. The second-order valence-electron chi connectivity index (χ2n) is 9.81. The Hall–Kier alpha value is -3.33. The molecule has 2 atom stereocenters. The predicted molar refractivity (Wildman–Crippen MR) is 135 cm³/mol. The van der Waals surface area contributed by atoms with E-state index in [0.717, 1.165) is 47.4 Å². The zero-order chi connectivity index (χ0) is 24.4. The van der Waals surface area contributed by atoms with Crippen molar-refractivity contribution in [1.82, 2.24) is 19.3 Å². The molecule has 2 bridgehead atoms. The van der Waals surface area contributed by atoms with Gasteiger partial charge >= 0.3 is 5.69 Å². The molecule has 1 aromatic carbocycles. The highest BCUT2D eigenvalue weighted by Crippen LogP contribution is 2.52. The molecule has 35 heavy (non-hydrogen) atoms. The summed E-state index contributed by atoms with van der Waals surface area (Å²) in [6.45, 7) is 5.86. The van der Waals surface area contributed by atoms with Gasteiger partial charge in [-0.1, -0.05) is 0 Å². The van der Waals surface area contributed by atoms with Gasteiger partial charge in [0.05, 0.1) is 28.7 Å². The standard InChI is InChI=1S/C26H26FN5O2S/c1-14-10-20(11-28-29-14)31-12-16-4-5-17(13-31)22(16)23-15(2)21-24(33)32(19-8-6-18(27)7-9-19)26(34)30(3)25(21)35-23/h6-11,16-17,22H,4-5,12-13H2,1-3H3. The van der Waals surface area contributed by atoms with Crippen LogP contribution in [0.25, 0.3) is 15.9 Å². The first-order valence-electron chi connectivity index (χ1n) is 11.9. The average molecular weight is 492 g/mol. The van der Waals surface area contributed by atoms with Crippen LogP contribution >= 0.6 is 11.3 Å². The van der Waals surface area contributed by atoms with Crippen LogP contribution in [-0.2, 0) is 7.05 Å². The number of halogens is 1. The van der Waals surface area contributed by atoms with Crippen molar-refractivity contribution in [3.8, 4) is 5.69 Å². The molecule has 2 aliphatic rings. The van der Waals surface area contributed by atoms with Gasteiger partial charge in [-0.2, -0.15) is 10.2 Å². The molecule has 6 rings (SSSR count). The molecule has 7 nitrogen and oxygen atoms in total. The Balaban J connectivity index is 1.43. The number of fused-ring (bicyclic) bond motifs is 3. The van der Waals surface area contributed by atoms with Crippen molar-refractivity contribution in [2.75, 3.05) is 18.0 Å². The number of piperidine rings is 1. The summed E-state index contributed by atoms with van der Waals surface area (Å²) in [5.41, 5.74) is 2.62. The van der Waals surface area contributed by atoms with E-state index in [0.29, 0.717) is 33.7 Å². The van der Waals surface area contributed by atoms with Gasteiger partial charge in [0.15, 0.2) is 0 Å². The van der Waals surface area contributed by atoms with Crippen LogP contribution in [0.2, 0.25) is 0 Å². The van der Waals surface area contributed by atoms with Crippen LogP contribution in [-0.4, -0.2) is 32.4 Å². The minimum atomic E-state index is -0.416. The fourth-order valence-corrected chi connectivity index (χ4v) is 7.61. The maximum atomic E-state index is 13.6. The van der Waals surface area contributed by atoms with E-state index in [4.69, 9.17) is 0 Å². The Morgan fingerprint density at radius 1 is 1.03 bits per heavy atom. The normalized spacial score (nSPS) is 21.7. The topological polar surface area (TPSA) is 73.0 Å². The lowest BCUT2D eigenvalue weighted by atomic mass is 9.82. The highest BCUT2D eigenvalue weighted by Gasteiger charge is 2.44. The summed E-state index contributed by atoms with van der Waals surface area (Å²) >= 11 is 1.59. The fourth-order valence-electron chi connectivity index (χ4n) is 6.07. The molecule has 1 aliphatic heterocycles. The zero-order valence-corrected chi connectivity index (χ0v) is 20.7. The number of nitrogens with zero attached hydrogens (tertiary/aromatic N) is 5. The Morgan fingerprint density at radius 3 is 2.37 bits per heavy atom. The monoisotopic (exact) mass is 491 g/mol. The summed E-state index contributed by atoms with van der Waals surface area (Å²) in [5, 5.41) is 8.82. The first-order chi connectivity index (χ1) is 16.8. The second kappa shape index (κ2) is 8.12. The molecule has 2 unspecified atom stereocenters. The van der Waals surface area contributed by atoms with E-state index in [-0.39, 0.29) is 5.56 Å². The molecule has 4 aromatic rings. The lowest BCUT2D eigenvalue weighted by Crippen LogP contribution is -2.41. The van der Waals surface area contributed by atoms with E-state index >= 15 is 0 Å². The molecular weight excluding hydrogens is 465 g/mol. The van der Waals surface area contributed by atoms with Gasteiger partial charge < -0.3 is 4.90 Å². The van der Waals surface area contributed by atoms with Crippen LogP contribution < -0.4 is 16.1 Å². The summed E-state index contributed by atoms with van der Waals surface area (Å²) in [4.78, 5) is 31.1. The van der Waals surface area contributed by atoms with Gasteiger partial charge in [0, 0.05) is 30.9 Å². The maximum absolute atomic E-state index is 13.6. The quantitative estimate of drug-likeness (QED) is 0.434. The number of aryl methyl sites for hydroxylation is 3. The van der Waals surface area contributed by atoms with Crippen LogP contribution in [0.15, 0.2) is 46.1 Å². The number of hydrogen-bond donors (Lipinski definition) is 0. The number of aromatic nitrogens is 4. The highest BCUT2D eigenvalue weighted by molar-refractivity contribution is 7.19. The maximum Gasteiger partial charge on any atom is 0.336 e. The van der Waals surface area contributed by atoms with Crippen LogP contribution in [0.1, 0.15) is 34.9 Å². The van der Waals surface area contributed by atoms with E-state index in [1.807, 2.05) is 20.0 Å². The summed E-state index contributed by atoms with van der Waals surface area (Å²) in [6.07, 6.45) is 4.14. The summed E-state index contributed by atoms with van der Waals surface area (Å²) < 4.78 is 16.2. The lowest BCUT2D eigenvalue weighted by Gasteiger charge is -2.39. The molecule has 0 spiro atoms. The Labute approximate surface area is 205 Å². The molecule has 180 valence electrons. The van der Waals surface area contributed by atoms with Crippen LogP contribution in [0.4, 0.5) is 10.1 Å². The van der Waals surface area contributed by atoms with E-state index in [1.54, 1.807) is 23.0 Å². The highest BCUT2D eigenvalue weighted by atomic mass is 32.1. The number of thiophene rings is 1. The largest absolute Gasteiger partial charge is 0.370 e. The smallest absolute Gasteiger partial charge is 0.336 e. The first-order valence-corrected chi connectivity index (χ1v) is 12.7. The van der Waals surface area contributed by atoms with E-state index in [9.17, 15) is 14.0 Å². The Kier molecular flexibility index (Phi) is 5.14. The molecule has 4 heterocycles. The Bertz CT molecular complexity index is 1560. The number of benzene rings is 1. The van der Waals surface area contributed by atoms with Gasteiger partial charge in [-0.25, -0.2) is 13.8 Å².